The third kappa shape index (κ3) is 5.99. The number of hydrogen-bond acceptors (Lipinski definition) is 1. The van der Waals surface area contributed by atoms with Gasteiger partial charge < -0.3 is 10.2 Å². The number of benzene rings is 2. The fourth-order valence-electron chi connectivity index (χ4n) is 6.07. The van der Waals surface area contributed by atoms with E-state index in [0.717, 1.165) is 37.9 Å². The largest absolute Gasteiger partial charge is 0.322 e. The van der Waals surface area contributed by atoms with Crippen molar-refractivity contribution in [3.8, 4) is 0 Å². The zero-order valence-electron chi connectivity index (χ0n) is 20.7. The van der Waals surface area contributed by atoms with Gasteiger partial charge in [-0.3, -0.25) is 0 Å². The lowest BCUT2D eigenvalue weighted by Gasteiger charge is -2.39. The number of nitrogens with zero attached hydrogens (tertiary/aromatic N) is 1. The highest BCUT2D eigenvalue weighted by Gasteiger charge is 2.32. The summed E-state index contributed by atoms with van der Waals surface area (Å²) in [4.78, 5) is 16.0. The minimum atomic E-state index is 0.124. The molecular formula is C30H42N2O. The first-order chi connectivity index (χ1) is 16.2. The number of carbonyl (C=O) groups is 1. The van der Waals surface area contributed by atoms with E-state index in [9.17, 15) is 4.79 Å². The second-order valence-electron chi connectivity index (χ2n) is 10.2. The van der Waals surface area contributed by atoms with Crippen LogP contribution in [0.15, 0.2) is 48.5 Å². The molecule has 3 nitrogen and oxygen atoms in total. The topological polar surface area (TPSA) is 32.3 Å². The standard InChI is InChI=1S/C30H42N2O/c1-3-24-16-11-17-25(4-2)29(24)31-30(33)32(22-23-12-7-5-8-13-23)28-20-18-27(19-21-28)26-14-9-6-10-15-26/h6,9-11,14-17,23,27-28H,3-5,7-8,12-13,18-22H2,1-2H3,(H,31,33). The van der Waals surface area contributed by atoms with Crippen molar-refractivity contribution in [1.29, 1.82) is 0 Å². The maximum absolute atomic E-state index is 13.8. The predicted molar refractivity (Wildman–Crippen MR) is 139 cm³/mol. The molecule has 2 aromatic carbocycles. The number of hydrogen-bond donors (Lipinski definition) is 1. The molecule has 2 aliphatic carbocycles. The molecule has 2 aliphatic rings. The number of aryl methyl sites for hydroxylation is 2. The normalized spacial score (nSPS) is 21.5. The summed E-state index contributed by atoms with van der Waals surface area (Å²) in [6.07, 6.45) is 13.0. The van der Waals surface area contributed by atoms with E-state index in [1.54, 1.807) is 0 Å². The van der Waals surface area contributed by atoms with Gasteiger partial charge in [-0.2, -0.15) is 0 Å². The van der Waals surface area contributed by atoms with E-state index in [4.69, 9.17) is 0 Å². The van der Waals surface area contributed by atoms with Gasteiger partial charge in [0.2, 0.25) is 0 Å². The van der Waals surface area contributed by atoms with Gasteiger partial charge in [-0.15, -0.1) is 0 Å². The average Bonchev–Trinajstić information content (AvgIpc) is 2.88. The fourth-order valence-corrected chi connectivity index (χ4v) is 6.07. The number of nitrogens with one attached hydrogen (secondary N) is 1. The van der Waals surface area contributed by atoms with Crippen molar-refractivity contribution in [2.24, 2.45) is 5.92 Å². The minimum absolute atomic E-state index is 0.124. The first-order valence-corrected chi connectivity index (χ1v) is 13.4. The molecule has 0 bridgehead atoms. The van der Waals surface area contributed by atoms with E-state index in [0.29, 0.717) is 17.9 Å². The molecular weight excluding hydrogens is 404 g/mol. The van der Waals surface area contributed by atoms with Crippen LogP contribution >= 0.6 is 0 Å². The lowest BCUT2D eigenvalue weighted by molar-refractivity contribution is 0.139. The Labute approximate surface area is 201 Å². The number of para-hydroxylation sites is 1. The zero-order valence-corrected chi connectivity index (χ0v) is 20.7. The van der Waals surface area contributed by atoms with E-state index < -0.39 is 0 Å². The molecule has 2 amide bonds. The van der Waals surface area contributed by atoms with Gasteiger partial charge in [-0.1, -0.05) is 81.6 Å². The van der Waals surface area contributed by atoms with Gasteiger partial charge in [-0.25, -0.2) is 4.79 Å². The van der Waals surface area contributed by atoms with Crippen LogP contribution in [0.5, 0.6) is 0 Å². The first kappa shape index (κ1) is 23.9. The highest BCUT2D eigenvalue weighted by atomic mass is 16.2. The molecule has 0 atom stereocenters. The third-order valence-electron chi connectivity index (χ3n) is 8.08. The number of urea groups is 1. The zero-order chi connectivity index (χ0) is 23.0. The molecule has 0 radical (unpaired) electrons. The molecule has 0 unspecified atom stereocenters. The smallest absolute Gasteiger partial charge is 0.321 e. The maximum Gasteiger partial charge on any atom is 0.322 e. The Kier molecular flexibility index (Phi) is 8.47. The van der Waals surface area contributed by atoms with Crippen LogP contribution in [0.4, 0.5) is 10.5 Å². The van der Waals surface area contributed by atoms with Crippen LogP contribution < -0.4 is 5.32 Å². The van der Waals surface area contributed by atoms with E-state index in [2.05, 4.69) is 72.6 Å². The van der Waals surface area contributed by atoms with Gasteiger partial charge in [0.25, 0.3) is 0 Å². The monoisotopic (exact) mass is 446 g/mol. The summed E-state index contributed by atoms with van der Waals surface area (Å²) in [5.41, 5.74) is 5.00. The van der Waals surface area contributed by atoms with E-state index in [1.165, 1.54) is 61.6 Å². The third-order valence-corrected chi connectivity index (χ3v) is 8.08. The van der Waals surface area contributed by atoms with Crippen molar-refractivity contribution in [3.05, 3.63) is 65.2 Å². The Morgan fingerprint density at radius 3 is 2.06 bits per heavy atom. The average molecular weight is 447 g/mol. The summed E-state index contributed by atoms with van der Waals surface area (Å²) in [6, 6.07) is 17.9. The molecule has 4 rings (SSSR count). The Morgan fingerprint density at radius 1 is 0.818 bits per heavy atom. The van der Waals surface area contributed by atoms with Crippen LogP contribution in [-0.4, -0.2) is 23.5 Å². The Bertz CT molecular complexity index is 857. The molecule has 0 aromatic heterocycles. The lowest BCUT2D eigenvalue weighted by atomic mass is 9.80. The van der Waals surface area contributed by atoms with Gasteiger partial charge in [-0.05, 0) is 79.9 Å². The first-order valence-electron chi connectivity index (χ1n) is 13.4. The summed E-state index contributed by atoms with van der Waals surface area (Å²) in [6.45, 7) is 5.27. The summed E-state index contributed by atoms with van der Waals surface area (Å²) >= 11 is 0. The molecule has 0 heterocycles. The minimum Gasteiger partial charge on any atom is -0.321 e. The molecule has 1 N–H and O–H groups in total. The number of rotatable bonds is 7. The molecule has 2 aromatic rings. The summed E-state index contributed by atoms with van der Waals surface area (Å²) in [7, 11) is 0. The van der Waals surface area contributed by atoms with Crippen molar-refractivity contribution in [1.82, 2.24) is 4.90 Å². The van der Waals surface area contributed by atoms with Crippen LogP contribution in [-0.2, 0) is 12.8 Å². The van der Waals surface area contributed by atoms with Gasteiger partial charge in [0.1, 0.15) is 0 Å². The highest BCUT2D eigenvalue weighted by molar-refractivity contribution is 5.91. The van der Waals surface area contributed by atoms with E-state index in [1.807, 2.05) is 0 Å². The molecule has 0 saturated heterocycles. The van der Waals surface area contributed by atoms with E-state index in [-0.39, 0.29) is 6.03 Å². The van der Waals surface area contributed by atoms with Crippen molar-refractivity contribution >= 4 is 11.7 Å². The Morgan fingerprint density at radius 2 is 1.45 bits per heavy atom. The number of carbonyl (C=O) groups excluding carboxylic acids is 1. The van der Waals surface area contributed by atoms with Gasteiger partial charge in [0.15, 0.2) is 0 Å². The maximum atomic E-state index is 13.8. The molecule has 3 heteroatoms. The SMILES string of the molecule is CCc1cccc(CC)c1NC(=O)N(CC1CCCCC1)C1CCC(c2ccccc2)CC1. The van der Waals surface area contributed by atoms with Gasteiger partial charge in [0.05, 0.1) is 0 Å². The summed E-state index contributed by atoms with van der Waals surface area (Å²) in [5.74, 6) is 1.29. The molecule has 178 valence electrons. The molecule has 0 spiro atoms. The van der Waals surface area contributed by atoms with Crippen molar-refractivity contribution in [2.45, 2.75) is 96.4 Å². The summed E-state index contributed by atoms with van der Waals surface area (Å²) < 4.78 is 0. The second kappa shape index (κ2) is 11.7. The molecule has 2 saturated carbocycles. The fraction of sp³-hybridized carbons (Fsp3) is 0.567. The van der Waals surface area contributed by atoms with Gasteiger partial charge in [0, 0.05) is 18.3 Å². The quantitative estimate of drug-likeness (QED) is 0.460. The predicted octanol–water partition coefficient (Wildman–Crippen LogP) is 7.95. The van der Waals surface area contributed by atoms with Crippen LogP contribution in [0.3, 0.4) is 0 Å². The number of anilines is 1. The van der Waals surface area contributed by atoms with Crippen molar-refractivity contribution in [3.63, 3.8) is 0 Å². The van der Waals surface area contributed by atoms with Gasteiger partial charge >= 0.3 is 6.03 Å². The van der Waals surface area contributed by atoms with Crippen LogP contribution in [0.2, 0.25) is 0 Å². The molecule has 33 heavy (non-hydrogen) atoms. The van der Waals surface area contributed by atoms with Crippen molar-refractivity contribution < 1.29 is 4.79 Å². The Hall–Kier alpha value is -2.29. The van der Waals surface area contributed by atoms with E-state index >= 15 is 0 Å². The molecule has 0 aliphatic heterocycles. The van der Waals surface area contributed by atoms with Crippen LogP contribution in [0.1, 0.15) is 94.2 Å². The second-order valence-corrected chi connectivity index (χ2v) is 10.2. The van der Waals surface area contributed by atoms with Crippen LogP contribution in [0.25, 0.3) is 0 Å². The lowest BCUT2D eigenvalue weighted by Crippen LogP contribution is -2.47. The highest BCUT2D eigenvalue weighted by Crippen LogP contribution is 2.36. The molecule has 2 fully saturated rings. The van der Waals surface area contributed by atoms with Crippen LogP contribution in [0, 0.1) is 5.92 Å². The summed E-state index contributed by atoms with van der Waals surface area (Å²) in [5, 5.41) is 3.40. The Balaban J connectivity index is 1.50. The number of amides is 2. The van der Waals surface area contributed by atoms with Crippen molar-refractivity contribution in [2.75, 3.05) is 11.9 Å².